The number of hydrogen-bond acceptors (Lipinski definition) is 2. The highest BCUT2D eigenvalue weighted by molar-refractivity contribution is 5.89. The van der Waals surface area contributed by atoms with Crippen LogP contribution in [0.5, 0.6) is 0 Å². The van der Waals surface area contributed by atoms with Gasteiger partial charge < -0.3 is 14.8 Å². The van der Waals surface area contributed by atoms with Gasteiger partial charge >= 0.3 is 6.03 Å². The first-order chi connectivity index (χ1) is 12.3. The molecule has 5 heteroatoms. The molecule has 0 spiro atoms. The van der Waals surface area contributed by atoms with Crippen molar-refractivity contribution in [3.8, 4) is 0 Å². The Morgan fingerprint density at radius 3 is 2.73 bits per heavy atom. The van der Waals surface area contributed by atoms with Gasteiger partial charge in [-0.2, -0.15) is 0 Å². The molecule has 5 nitrogen and oxygen atoms in total. The van der Waals surface area contributed by atoms with E-state index in [2.05, 4.69) is 49.5 Å². The number of aryl methyl sites for hydroxylation is 3. The third kappa shape index (κ3) is 3.92. The number of rotatable bonds is 4. The Morgan fingerprint density at radius 1 is 1.27 bits per heavy atom. The average molecular weight is 354 g/mol. The van der Waals surface area contributed by atoms with Gasteiger partial charge in [-0.25, -0.2) is 9.78 Å². The maximum Gasteiger partial charge on any atom is 0.321 e. The topological polar surface area (TPSA) is 50.2 Å². The van der Waals surface area contributed by atoms with Gasteiger partial charge in [0.25, 0.3) is 0 Å². The number of nitrogens with one attached hydrogen (secondary N) is 1. The normalized spacial score (nSPS) is 17.2. The SMILES string of the molecule is Cc1ccc(NC(=O)N2CCC(Cc3ncc(C)n3C(C)C)C2)cc1C. The maximum atomic E-state index is 12.6. The molecule has 0 saturated carbocycles. The van der Waals surface area contributed by atoms with Gasteiger partial charge in [0.15, 0.2) is 0 Å². The van der Waals surface area contributed by atoms with Crippen molar-refractivity contribution in [1.82, 2.24) is 14.5 Å². The fourth-order valence-electron chi connectivity index (χ4n) is 3.82. The van der Waals surface area contributed by atoms with Crippen molar-refractivity contribution in [2.45, 2.75) is 53.5 Å². The summed E-state index contributed by atoms with van der Waals surface area (Å²) in [6.45, 7) is 12.2. The van der Waals surface area contributed by atoms with Crippen LogP contribution >= 0.6 is 0 Å². The van der Waals surface area contributed by atoms with E-state index in [9.17, 15) is 4.79 Å². The first kappa shape index (κ1) is 18.5. The first-order valence-electron chi connectivity index (χ1n) is 9.51. The van der Waals surface area contributed by atoms with Gasteiger partial charge in [-0.1, -0.05) is 6.07 Å². The molecule has 1 aromatic heterocycles. The second-order valence-corrected chi connectivity index (χ2v) is 7.81. The zero-order chi connectivity index (χ0) is 18.8. The highest BCUT2D eigenvalue weighted by atomic mass is 16.2. The van der Waals surface area contributed by atoms with E-state index in [1.54, 1.807) is 0 Å². The largest absolute Gasteiger partial charge is 0.330 e. The molecule has 2 heterocycles. The molecule has 2 aromatic rings. The Kier molecular flexibility index (Phi) is 5.35. The molecule has 1 aromatic carbocycles. The standard InChI is InChI=1S/C21H30N4O/c1-14(2)25-17(5)12-22-20(25)11-18-8-9-24(13-18)21(26)23-19-7-6-15(3)16(4)10-19/h6-7,10,12,14,18H,8-9,11,13H2,1-5H3,(H,23,26). The first-order valence-corrected chi connectivity index (χ1v) is 9.51. The number of imidazole rings is 1. The molecular weight excluding hydrogens is 324 g/mol. The summed E-state index contributed by atoms with van der Waals surface area (Å²) in [5.74, 6) is 1.61. The summed E-state index contributed by atoms with van der Waals surface area (Å²) in [6.07, 6.45) is 3.91. The fourth-order valence-corrected chi connectivity index (χ4v) is 3.82. The van der Waals surface area contributed by atoms with Crippen molar-refractivity contribution < 1.29 is 4.79 Å². The molecular formula is C21H30N4O. The lowest BCUT2D eigenvalue weighted by Gasteiger charge is -2.19. The monoisotopic (exact) mass is 354 g/mol. The summed E-state index contributed by atoms with van der Waals surface area (Å²) in [5.41, 5.74) is 4.50. The van der Waals surface area contributed by atoms with Crippen LogP contribution in [0.25, 0.3) is 0 Å². The number of carbonyl (C=O) groups excluding carboxylic acids is 1. The minimum absolute atomic E-state index is 0.000801. The summed E-state index contributed by atoms with van der Waals surface area (Å²) < 4.78 is 2.30. The maximum absolute atomic E-state index is 12.6. The van der Waals surface area contributed by atoms with E-state index >= 15 is 0 Å². The van der Waals surface area contributed by atoms with Crippen LogP contribution in [0.4, 0.5) is 10.5 Å². The van der Waals surface area contributed by atoms with E-state index in [0.717, 1.165) is 37.4 Å². The van der Waals surface area contributed by atoms with Crippen molar-refractivity contribution in [3.05, 3.63) is 47.0 Å². The molecule has 2 amide bonds. The average Bonchev–Trinajstić information content (AvgIpc) is 3.18. The van der Waals surface area contributed by atoms with Gasteiger partial charge in [-0.3, -0.25) is 0 Å². The molecule has 1 saturated heterocycles. The van der Waals surface area contributed by atoms with E-state index in [1.807, 2.05) is 29.3 Å². The van der Waals surface area contributed by atoms with Crippen molar-refractivity contribution in [3.63, 3.8) is 0 Å². The van der Waals surface area contributed by atoms with Crippen LogP contribution < -0.4 is 5.32 Å². The lowest BCUT2D eigenvalue weighted by atomic mass is 10.0. The summed E-state index contributed by atoms with van der Waals surface area (Å²) in [5, 5.41) is 3.04. The predicted octanol–water partition coefficient (Wildman–Crippen LogP) is 4.49. The summed E-state index contributed by atoms with van der Waals surface area (Å²) >= 11 is 0. The molecule has 3 rings (SSSR count). The van der Waals surface area contributed by atoms with E-state index in [4.69, 9.17) is 0 Å². The molecule has 1 aliphatic heterocycles. The van der Waals surface area contributed by atoms with Crippen molar-refractivity contribution in [2.24, 2.45) is 5.92 Å². The number of carbonyl (C=O) groups is 1. The minimum Gasteiger partial charge on any atom is -0.330 e. The van der Waals surface area contributed by atoms with Crippen molar-refractivity contribution in [2.75, 3.05) is 18.4 Å². The Morgan fingerprint density at radius 2 is 2.04 bits per heavy atom. The molecule has 26 heavy (non-hydrogen) atoms. The molecule has 140 valence electrons. The smallest absolute Gasteiger partial charge is 0.321 e. The molecule has 1 aliphatic rings. The quantitative estimate of drug-likeness (QED) is 0.880. The summed E-state index contributed by atoms with van der Waals surface area (Å²) in [6, 6.07) is 6.46. The number of nitrogens with zero attached hydrogens (tertiary/aromatic N) is 3. The Balaban J connectivity index is 1.60. The second-order valence-electron chi connectivity index (χ2n) is 7.81. The lowest BCUT2D eigenvalue weighted by Crippen LogP contribution is -2.33. The van der Waals surface area contributed by atoms with Crippen LogP contribution in [0.1, 0.15) is 49.0 Å². The molecule has 1 unspecified atom stereocenters. The Hall–Kier alpha value is -2.30. The third-order valence-electron chi connectivity index (χ3n) is 5.38. The predicted molar refractivity (Wildman–Crippen MR) is 106 cm³/mol. The molecule has 1 atom stereocenters. The molecule has 0 radical (unpaired) electrons. The zero-order valence-electron chi connectivity index (χ0n) is 16.5. The van der Waals surface area contributed by atoms with E-state index in [1.165, 1.54) is 16.8 Å². The van der Waals surface area contributed by atoms with Crippen LogP contribution in [0.3, 0.4) is 0 Å². The Labute approximate surface area is 156 Å². The molecule has 0 aliphatic carbocycles. The summed E-state index contributed by atoms with van der Waals surface area (Å²) in [4.78, 5) is 19.1. The van der Waals surface area contributed by atoms with Gasteiger partial charge in [0.1, 0.15) is 5.82 Å². The number of urea groups is 1. The Bertz CT molecular complexity index is 793. The van der Waals surface area contributed by atoms with Gasteiger partial charge in [0.05, 0.1) is 0 Å². The van der Waals surface area contributed by atoms with Crippen molar-refractivity contribution in [1.29, 1.82) is 0 Å². The molecule has 1 fully saturated rings. The highest BCUT2D eigenvalue weighted by Crippen LogP contribution is 2.24. The number of amides is 2. The molecule has 0 bridgehead atoms. The zero-order valence-corrected chi connectivity index (χ0v) is 16.5. The number of benzene rings is 1. The molecule has 1 N–H and O–H groups in total. The van der Waals surface area contributed by atoms with E-state index < -0.39 is 0 Å². The van der Waals surface area contributed by atoms with Crippen LogP contribution in [-0.4, -0.2) is 33.6 Å². The minimum atomic E-state index is -0.000801. The van der Waals surface area contributed by atoms with Gasteiger partial charge in [-0.05, 0) is 70.2 Å². The number of anilines is 1. The fraction of sp³-hybridized carbons (Fsp3) is 0.524. The summed E-state index contributed by atoms with van der Waals surface area (Å²) in [7, 11) is 0. The van der Waals surface area contributed by atoms with Crippen LogP contribution in [0.2, 0.25) is 0 Å². The number of hydrogen-bond donors (Lipinski definition) is 1. The van der Waals surface area contributed by atoms with Gasteiger partial charge in [0.2, 0.25) is 0 Å². The van der Waals surface area contributed by atoms with Crippen LogP contribution in [0, 0.1) is 26.7 Å². The van der Waals surface area contributed by atoms with Gasteiger partial charge in [-0.15, -0.1) is 0 Å². The van der Waals surface area contributed by atoms with Gasteiger partial charge in [0, 0.05) is 43.1 Å². The van der Waals surface area contributed by atoms with Crippen LogP contribution in [0.15, 0.2) is 24.4 Å². The van der Waals surface area contributed by atoms with Crippen LogP contribution in [-0.2, 0) is 6.42 Å². The third-order valence-corrected chi connectivity index (χ3v) is 5.38. The van der Waals surface area contributed by atoms with E-state index in [-0.39, 0.29) is 6.03 Å². The number of aromatic nitrogens is 2. The number of likely N-dealkylation sites (tertiary alicyclic amines) is 1. The lowest BCUT2D eigenvalue weighted by molar-refractivity contribution is 0.220. The van der Waals surface area contributed by atoms with E-state index in [0.29, 0.717) is 12.0 Å². The second kappa shape index (κ2) is 7.52. The van der Waals surface area contributed by atoms with Crippen molar-refractivity contribution >= 4 is 11.7 Å². The highest BCUT2D eigenvalue weighted by Gasteiger charge is 2.28.